The number of aromatic nitrogens is 2. The van der Waals surface area contributed by atoms with E-state index >= 15 is 0 Å². The van der Waals surface area contributed by atoms with Gasteiger partial charge in [0.1, 0.15) is 0 Å². The highest BCUT2D eigenvalue weighted by Gasteiger charge is 2.21. The number of aryl methyl sites for hydroxylation is 2. The van der Waals surface area contributed by atoms with Crippen molar-refractivity contribution in [3.63, 3.8) is 0 Å². The van der Waals surface area contributed by atoms with Crippen molar-refractivity contribution in [2.75, 3.05) is 0 Å². The van der Waals surface area contributed by atoms with Gasteiger partial charge in [-0.25, -0.2) is 0 Å². The fraction of sp³-hybridized carbons (Fsp3) is 0.500. The van der Waals surface area contributed by atoms with Crippen LogP contribution in [0.5, 0.6) is 0 Å². The maximum atomic E-state index is 4.59. The van der Waals surface area contributed by atoms with Crippen LogP contribution in [0.25, 0.3) is 0 Å². The van der Waals surface area contributed by atoms with Gasteiger partial charge < -0.3 is 5.32 Å². The number of hydrogen-bond donors (Lipinski definition) is 1. The van der Waals surface area contributed by atoms with E-state index in [9.17, 15) is 0 Å². The van der Waals surface area contributed by atoms with E-state index < -0.39 is 0 Å². The molecule has 1 saturated carbocycles. The first-order valence-corrected chi connectivity index (χ1v) is 8.17. The number of benzene rings is 1. The lowest BCUT2D eigenvalue weighted by Gasteiger charge is -2.08. The Hall–Kier alpha value is -1.61. The Morgan fingerprint density at radius 2 is 2.05 bits per heavy atom. The zero-order valence-electron chi connectivity index (χ0n) is 12.9. The summed E-state index contributed by atoms with van der Waals surface area (Å²) >= 11 is 0. The normalized spacial score (nSPS) is 14.5. The SMILES string of the molecule is CCc1c(CNC2CC2)cnn1CCCc1ccccc1. The van der Waals surface area contributed by atoms with E-state index in [0.717, 1.165) is 38.4 Å². The molecular weight excluding hydrogens is 258 g/mol. The highest BCUT2D eigenvalue weighted by atomic mass is 15.3. The minimum atomic E-state index is 0.760. The van der Waals surface area contributed by atoms with E-state index in [4.69, 9.17) is 0 Å². The van der Waals surface area contributed by atoms with E-state index in [1.807, 2.05) is 0 Å². The average Bonchev–Trinajstić information content (AvgIpc) is 3.27. The Kier molecular flexibility index (Phi) is 4.71. The van der Waals surface area contributed by atoms with Gasteiger partial charge in [0.15, 0.2) is 0 Å². The Labute approximate surface area is 127 Å². The lowest BCUT2D eigenvalue weighted by molar-refractivity contribution is 0.554. The summed E-state index contributed by atoms with van der Waals surface area (Å²) in [7, 11) is 0. The van der Waals surface area contributed by atoms with Gasteiger partial charge in [0.2, 0.25) is 0 Å². The van der Waals surface area contributed by atoms with Gasteiger partial charge in [-0.2, -0.15) is 5.10 Å². The van der Waals surface area contributed by atoms with Crippen LogP contribution in [0.15, 0.2) is 36.5 Å². The summed E-state index contributed by atoms with van der Waals surface area (Å²) < 4.78 is 2.20. The van der Waals surface area contributed by atoms with Gasteiger partial charge in [0, 0.05) is 30.4 Å². The van der Waals surface area contributed by atoms with Crippen molar-refractivity contribution >= 4 is 0 Å². The lowest BCUT2D eigenvalue weighted by Crippen LogP contribution is -2.16. The van der Waals surface area contributed by atoms with E-state index in [2.05, 4.69) is 58.5 Å². The largest absolute Gasteiger partial charge is 0.310 e. The maximum Gasteiger partial charge on any atom is 0.0537 e. The summed E-state index contributed by atoms with van der Waals surface area (Å²) in [5.74, 6) is 0. The minimum Gasteiger partial charge on any atom is -0.310 e. The van der Waals surface area contributed by atoms with Crippen LogP contribution in [0.3, 0.4) is 0 Å². The van der Waals surface area contributed by atoms with Crippen LogP contribution in [0, 0.1) is 0 Å². The lowest BCUT2D eigenvalue weighted by atomic mass is 10.1. The highest BCUT2D eigenvalue weighted by molar-refractivity contribution is 5.18. The van der Waals surface area contributed by atoms with Crippen molar-refractivity contribution in [1.82, 2.24) is 15.1 Å². The number of nitrogens with one attached hydrogen (secondary N) is 1. The second-order valence-electron chi connectivity index (χ2n) is 5.94. The van der Waals surface area contributed by atoms with Crippen molar-refractivity contribution in [3.05, 3.63) is 53.3 Å². The first-order chi connectivity index (χ1) is 10.4. The molecule has 1 fully saturated rings. The van der Waals surface area contributed by atoms with Gasteiger partial charge >= 0.3 is 0 Å². The smallest absolute Gasteiger partial charge is 0.0537 e. The minimum absolute atomic E-state index is 0.760. The molecule has 0 radical (unpaired) electrons. The molecule has 0 bridgehead atoms. The van der Waals surface area contributed by atoms with Crippen LogP contribution < -0.4 is 5.32 Å². The highest BCUT2D eigenvalue weighted by Crippen LogP contribution is 2.20. The number of hydrogen-bond acceptors (Lipinski definition) is 2. The molecule has 3 heteroatoms. The van der Waals surface area contributed by atoms with Crippen molar-refractivity contribution in [2.45, 2.75) is 58.2 Å². The molecule has 3 rings (SSSR count). The molecule has 0 spiro atoms. The van der Waals surface area contributed by atoms with Gasteiger partial charge in [0.25, 0.3) is 0 Å². The number of nitrogens with zero attached hydrogens (tertiary/aromatic N) is 2. The predicted molar refractivity (Wildman–Crippen MR) is 86.2 cm³/mol. The monoisotopic (exact) mass is 283 g/mol. The van der Waals surface area contributed by atoms with Crippen molar-refractivity contribution in [2.24, 2.45) is 0 Å². The molecule has 0 aliphatic heterocycles. The topological polar surface area (TPSA) is 29.9 Å². The molecule has 0 atom stereocenters. The van der Waals surface area contributed by atoms with Crippen LogP contribution in [0.4, 0.5) is 0 Å². The molecule has 112 valence electrons. The van der Waals surface area contributed by atoms with Crippen molar-refractivity contribution < 1.29 is 0 Å². The molecule has 1 N–H and O–H groups in total. The molecule has 21 heavy (non-hydrogen) atoms. The summed E-state index contributed by atoms with van der Waals surface area (Å²) in [5.41, 5.74) is 4.19. The standard InChI is InChI=1S/C18H25N3/c1-2-18-16(13-19-17-10-11-17)14-20-21(18)12-6-9-15-7-4-3-5-8-15/h3-5,7-8,14,17,19H,2,6,9-13H2,1H3. The summed E-state index contributed by atoms with van der Waals surface area (Å²) in [6.45, 7) is 4.22. The van der Waals surface area contributed by atoms with E-state index in [0.29, 0.717) is 0 Å². The van der Waals surface area contributed by atoms with Crippen LogP contribution in [0.1, 0.15) is 43.0 Å². The number of rotatable bonds is 8. The molecule has 2 aromatic rings. The van der Waals surface area contributed by atoms with Gasteiger partial charge in [-0.1, -0.05) is 37.3 Å². The van der Waals surface area contributed by atoms with Crippen LogP contribution in [0.2, 0.25) is 0 Å². The quantitative estimate of drug-likeness (QED) is 0.805. The molecule has 1 heterocycles. The van der Waals surface area contributed by atoms with E-state index in [1.165, 1.54) is 29.7 Å². The molecule has 0 unspecified atom stereocenters. The molecule has 3 nitrogen and oxygen atoms in total. The van der Waals surface area contributed by atoms with Gasteiger partial charge in [-0.05, 0) is 37.7 Å². The molecule has 0 amide bonds. The Bertz CT molecular complexity index is 555. The summed E-state index contributed by atoms with van der Waals surface area (Å²) in [4.78, 5) is 0. The van der Waals surface area contributed by atoms with Crippen LogP contribution in [-0.2, 0) is 25.9 Å². The first-order valence-electron chi connectivity index (χ1n) is 8.17. The van der Waals surface area contributed by atoms with Gasteiger partial charge in [-0.15, -0.1) is 0 Å². The molecule has 1 aliphatic carbocycles. The van der Waals surface area contributed by atoms with Crippen molar-refractivity contribution in [3.8, 4) is 0 Å². The second kappa shape index (κ2) is 6.90. The zero-order chi connectivity index (χ0) is 14.5. The Balaban J connectivity index is 1.54. The van der Waals surface area contributed by atoms with Gasteiger partial charge in [-0.3, -0.25) is 4.68 Å². The molecule has 0 saturated heterocycles. The van der Waals surface area contributed by atoms with E-state index in [1.54, 1.807) is 0 Å². The average molecular weight is 283 g/mol. The maximum absolute atomic E-state index is 4.59. The van der Waals surface area contributed by atoms with Crippen molar-refractivity contribution in [1.29, 1.82) is 0 Å². The Morgan fingerprint density at radius 1 is 1.24 bits per heavy atom. The fourth-order valence-electron chi connectivity index (χ4n) is 2.82. The summed E-state index contributed by atoms with van der Waals surface area (Å²) in [6, 6.07) is 11.5. The van der Waals surface area contributed by atoms with Gasteiger partial charge in [0.05, 0.1) is 6.20 Å². The third-order valence-corrected chi connectivity index (χ3v) is 4.21. The van der Waals surface area contributed by atoms with Crippen LogP contribution >= 0.6 is 0 Å². The Morgan fingerprint density at radius 3 is 2.76 bits per heavy atom. The first kappa shape index (κ1) is 14.3. The predicted octanol–water partition coefficient (Wildman–Crippen LogP) is 3.33. The fourth-order valence-corrected chi connectivity index (χ4v) is 2.82. The third-order valence-electron chi connectivity index (χ3n) is 4.21. The van der Waals surface area contributed by atoms with Crippen LogP contribution in [-0.4, -0.2) is 15.8 Å². The second-order valence-corrected chi connectivity index (χ2v) is 5.94. The zero-order valence-corrected chi connectivity index (χ0v) is 12.9. The molecular formula is C18H25N3. The van der Waals surface area contributed by atoms with E-state index in [-0.39, 0.29) is 0 Å². The third kappa shape index (κ3) is 3.94. The summed E-state index contributed by atoms with van der Waals surface area (Å²) in [5, 5.41) is 8.18. The molecule has 1 aliphatic rings. The molecule has 1 aromatic carbocycles. The molecule has 1 aromatic heterocycles. The summed E-state index contributed by atoms with van der Waals surface area (Å²) in [6.07, 6.45) is 8.07.